The quantitative estimate of drug-likeness (QED) is 0.0243. The Bertz CT molecular complexity index is 1490. The van der Waals surface area contributed by atoms with Gasteiger partial charge in [-0.1, -0.05) is 331 Å². The number of rotatable bonds is 64. The molecule has 0 aromatic rings. The number of phosphoric acid groups is 1. The molecule has 3 N–H and O–H groups in total. The van der Waals surface area contributed by atoms with Gasteiger partial charge in [0, 0.05) is 6.42 Å². The maximum Gasteiger partial charge on any atom is 0.472 e. The molecule has 9 heteroatoms. The maximum absolute atomic E-state index is 13.1. The number of allylic oxidation sites excluding steroid dienone is 10. The van der Waals surface area contributed by atoms with Crippen LogP contribution in [0.1, 0.15) is 335 Å². The summed E-state index contributed by atoms with van der Waals surface area (Å²) in [7, 11) is 1.63. The fourth-order valence-corrected chi connectivity index (χ4v) is 11.2. The van der Waals surface area contributed by atoms with Crippen LogP contribution in [0, 0.1) is 0 Å². The van der Waals surface area contributed by atoms with Gasteiger partial charge in [-0.05, 0) is 57.8 Å². The molecule has 3 unspecified atom stereocenters. The third-order valence-corrected chi connectivity index (χ3v) is 16.8. The molecule has 470 valence electrons. The molecule has 1 amide bonds. The van der Waals surface area contributed by atoms with Crippen molar-refractivity contribution in [2.45, 2.75) is 347 Å². The lowest BCUT2D eigenvalue weighted by Gasteiger charge is -2.26. The molecule has 0 fully saturated rings. The lowest BCUT2D eigenvalue weighted by molar-refractivity contribution is -0.870. The van der Waals surface area contributed by atoms with Crippen molar-refractivity contribution in [3.8, 4) is 0 Å². The Morgan fingerprint density at radius 1 is 0.438 bits per heavy atom. The van der Waals surface area contributed by atoms with E-state index in [-0.39, 0.29) is 19.1 Å². The van der Waals surface area contributed by atoms with Gasteiger partial charge in [0.25, 0.3) is 0 Å². The summed E-state index contributed by atoms with van der Waals surface area (Å²) in [5.74, 6) is -0.139. The SMILES string of the molecule is CC/C=C\C/C=C\C/C=C\C/C=C\C/C=C\CCCCCCCCCCCCCCCCCCCCCC(=O)NC(COP(=O)(O)OCC[N+](C)(C)C)C(O)CCCCCCCCCCCCCCCCCCCCCCCCC. The van der Waals surface area contributed by atoms with Crippen LogP contribution in [0.15, 0.2) is 60.8 Å². The fraction of sp³-hybridized carbons (Fsp3) is 0.845. The minimum Gasteiger partial charge on any atom is -0.391 e. The first-order chi connectivity index (χ1) is 39.0. The molecule has 3 atom stereocenters. The molecule has 8 nitrogen and oxygen atoms in total. The summed E-state index contributed by atoms with van der Waals surface area (Å²) in [6, 6.07) is -0.762. The molecule has 0 radical (unpaired) electrons. The van der Waals surface area contributed by atoms with Crippen LogP contribution in [0.2, 0.25) is 0 Å². The van der Waals surface area contributed by atoms with Crippen molar-refractivity contribution in [2.75, 3.05) is 40.9 Å². The molecular weight excluding hydrogens is 1010 g/mol. The second-order valence-electron chi connectivity index (χ2n) is 24.9. The fourth-order valence-electron chi connectivity index (χ4n) is 10.4. The van der Waals surface area contributed by atoms with E-state index < -0.39 is 20.0 Å². The van der Waals surface area contributed by atoms with Crippen LogP contribution in [0.5, 0.6) is 0 Å². The largest absolute Gasteiger partial charge is 0.472 e. The third-order valence-electron chi connectivity index (χ3n) is 15.8. The zero-order chi connectivity index (χ0) is 58.4. The van der Waals surface area contributed by atoms with Crippen LogP contribution in [-0.4, -0.2) is 73.4 Å². The number of nitrogens with one attached hydrogen (secondary N) is 1. The van der Waals surface area contributed by atoms with E-state index in [0.717, 1.165) is 70.6 Å². The molecule has 80 heavy (non-hydrogen) atoms. The normalized spacial score (nSPS) is 14.0. The zero-order valence-electron chi connectivity index (χ0n) is 53.8. The van der Waals surface area contributed by atoms with Crippen LogP contribution in [-0.2, 0) is 18.4 Å². The predicted molar refractivity (Wildman–Crippen MR) is 350 cm³/mol. The van der Waals surface area contributed by atoms with Gasteiger partial charge in [0.2, 0.25) is 5.91 Å². The third kappa shape index (κ3) is 63.8. The summed E-state index contributed by atoms with van der Waals surface area (Å²) < 4.78 is 23.9. The molecule has 0 bridgehead atoms. The molecular formula is C71H136N2O6P+. The van der Waals surface area contributed by atoms with Crippen molar-refractivity contribution in [3.63, 3.8) is 0 Å². The molecule has 0 aliphatic heterocycles. The second-order valence-corrected chi connectivity index (χ2v) is 26.3. The van der Waals surface area contributed by atoms with E-state index in [9.17, 15) is 19.4 Å². The zero-order valence-corrected chi connectivity index (χ0v) is 54.7. The summed E-state index contributed by atoms with van der Waals surface area (Å²) in [5.41, 5.74) is 0. The second kappa shape index (κ2) is 61.8. The van der Waals surface area contributed by atoms with Crippen molar-refractivity contribution in [1.82, 2.24) is 5.32 Å². The van der Waals surface area contributed by atoms with E-state index in [1.54, 1.807) is 0 Å². The summed E-state index contributed by atoms with van der Waals surface area (Å²) in [6.07, 6.45) is 84.6. The Labute approximate surface area is 498 Å². The number of unbranched alkanes of at least 4 members (excludes halogenated alkanes) is 41. The van der Waals surface area contributed by atoms with Gasteiger partial charge < -0.3 is 19.8 Å². The summed E-state index contributed by atoms with van der Waals surface area (Å²) in [4.78, 5) is 23.5. The van der Waals surface area contributed by atoms with Gasteiger partial charge in [-0.3, -0.25) is 13.8 Å². The van der Waals surface area contributed by atoms with Crippen molar-refractivity contribution >= 4 is 13.7 Å². The smallest absolute Gasteiger partial charge is 0.391 e. The number of likely N-dealkylation sites (N-methyl/N-ethyl adjacent to an activating group) is 1. The number of nitrogens with zero attached hydrogens (tertiary/aromatic N) is 1. The molecule has 0 rings (SSSR count). The van der Waals surface area contributed by atoms with Crippen LogP contribution in [0.4, 0.5) is 0 Å². The maximum atomic E-state index is 13.1. The predicted octanol–water partition coefficient (Wildman–Crippen LogP) is 22.0. The number of aliphatic hydroxyl groups excluding tert-OH is 1. The average Bonchev–Trinajstić information content (AvgIpc) is 3.42. The highest BCUT2D eigenvalue weighted by Gasteiger charge is 2.28. The first kappa shape index (κ1) is 78.2. The molecule has 0 saturated heterocycles. The van der Waals surface area contributed by atoms with Crippen molar-refractivity contribution < 1.29 is 32.9 Å². The molecule has 0 spiro atoms. The van der Waals surface area contributed by atoms with Gasteiger partial charge in [-0.25, -0.2) is 4.57 Å². The monoisotopic (exact) mass is 1140 g/mol. The molecule has 0 aromatic carbocycles. The average molecular weight is 1140 g/mol. The Hall–Kier alpha value is -1.80. The molecule has 0 saturated carbocycles. The van der Waals surface area contributed by atoms with Crippen molar-refractivity contribution in [1.29, 1.82) is 0 Å². The number of aliphatic hydroxyl groups is 1. The van der Waals surface area contributed by atoms with E-state index in [1.807, 2.05) is 21.1 Å². The first-order valence-electron chi connectivity index (χ1n) is 34.7. The van der Waals surface area contributed by atoms with Crippen molar-refractivity contribution in [3.05, 3.63) is 60.8 Å². The van der Waals surface area contributed by atoms with Crippen LogP contribution < -0.4 is 5.32 Å². The number of hydrogen-bond donors (Lipinski definition) is 3. The van der Waals surface area contributed by atoms with Crippen molar-refractivity contribution in [2.24, 2.45) is 0 Å². The highest BCUT2D eigenvalue weighted by Crippen LogP contribution is 2.43. The van der Waals surface area contributed by atoms with Crippen LogP contribution in [0.25, 0.3) is 0 Å². The van der Waals surface area contributed by atoms with Gasteiger partial charge in [0.15, 0.2) is 0 Å². The van der Waals surface area contributed by atoms with Crippen LogP contribution in [0.3, 0.4) is 0 Å². The topological polar surface area (TPSA) is 105 Å². The summed E-state index contributed by atoms with van der Waals surface area (Å²) in [6.45, 7) is 4.82. The summed E-state index contributed by atoms with van der Waals surface area (Å²) >= 11 is 0. The first-order valence-corrected chi connectivity index (χ1v) is 36.1. The lowest BCUT2D eigenvalue weighted by atomic mass is 10.0. The number of carbonyl (C=O) groups excluding carboxylic acids is 1. The number of carbonyl (C=O) groups is 1. The van der Waals surface area contributed by atoms with Gasteiger partial charge in [-0.15, -0.1) is 0 Å². The Balaban J connectivity index is 4.00. The Kier molecular flexibility index (Phi) is 60.4. The van der Waals surface area contributed by atoms with E-state index in [2.05, 4.69) is 79.9 Å². The summed E-state index contributed by atoms with van der Waals surface area (Å²) in [5, 5.41) is 14.1. The molecule has 0 aliphatic rings. The van der Waals surface area contributed by atoms with Gasteiger partial charge in [0.05, 0.1) is 39.9 Å². The molecule has 0 aromatic heterocycles. The number of quaternary nitrogens is 1. The minimum absolute atomic E-state index is 0.0756. The van der Waals surface area contributed by atoms with Gasteiger partial charge in [-0.2, -0.15) is 0 Å². The van der Waals surface area contributed by atoms with E-state index >= 15 is 0 Å². The molecule has 0 aliphatic carbocycles. The highest BCUT2D eigenvalue weighted by atomic mass is 31.2. The van der Waals surface area contributed by atoms with Gasteiger partial charge >= 0.3 is 7.82 Å². The minimum atomic E-state index is -4.33. The highest BCUT2D eigenvalue weighted by molar-refractivity contribution is 7.47. The van der Waals surface area contributed by atoms with E-state index in [4.69, 9.17) is 9.05 Å². The standard InChI is InChI=1S/C71H135N2O6P/c1-6-8-10-12-14-16-18-20-22-24-26-28-30-31-32-33-34-35-36-37-38-39-40-41-43-45-47-49-51-53-55-57-59-61-63-65-71(75)72-69(68-79-80(76,77)78-67-66-73(3,4)5)70(74)64-62-60-58-56-54-52-50-48-46-44-42-29-27-25-23-21-19-17-15-13-11-9-7-2/h8,10,14,16,20,22,26,28,31-32,69-70,74H,6-7,9,11-13,15,17-19,21,23-25,27,29-30,33-68H2,1-5H3,(H-,72,75,76,77)/p+1/b10-8-,16-14-,22-20-,28-26-,32-31-. The van der Waals surface area contributed by atoms with E-state index in [0.29, 0.717) is 23.9 Å². The Morgan fingerprint density at radius 3 is 1.10 bits per heavy atom. The van der Waals surface area contributed by atoms with Gasteiger partial charge in [0.1, 0.15) is 13.2 Å². The lowest BCUT2D eigenvalue weighted by Crippen LogP contribution is -2.46. The van der Waals surface area contributed by atoms with E-state index in [1.165, 1.54) is 238 Å². The molecule has 0 heterocycles. The Morgan fingerprint density at radius 2 is 0.750 bits per heavy atom. The number of phosphoric ester groups is 1. The number of amides is 1. The van der Waals surface area contributed by atoms with Crippen LogP contribution >= 0.6 is 7.82 Å². The number of hydrogen-bond acceptors (Lipinski definition) is 5.